The maximum atomic E-state index is 12.6. The number of benzene rings is 2. The third-order valence-corrected chi connectivity index (χ3v) is 5.22. The molecular formula is C22H22O9. The van der Waals surface area contributed by atoms with Crippen LogP contribution in [0.2, 0.25) is 0 Å². The number of ether oxygens (including phenoxy) is 3. The van der Waals surface area contributed by atoms with E-state index in [1.165, 1.54) is 25.1 Å². The number of hydrogen-bond acceptors (Lipinski definition) is 9. The summed E-state index contributed by atoms with van der Waals surface area (Å²) in [6.45, 7) is 1.52. The molecule has 9 nitrogen and oxygen atoms in total. The van der Waals surface area contributed by atoms with Crippen molar-refractivity contribution in [3.63, 3.8) is 0 Å². The van der Waals surface area contributed by atoms with Crippen molar-refractivity contribution in [3.05, 3.63) is 52.7 Å². The van der Waals surface area contributed by atoms with E-state index in [0.29, 0.717) is 11.3 Å². The number of phenols is 1. The minimum atomic E-state index is -1.53. The van der Waals surface area contributed by atoms with Crippen LogP contribution in [0.3, 0.4) is 0 Å². The van der Waals surface area contributed by atoms with Crippen LogP contribution >= 0.6 is 0 Å². The molecule has 31 heavy (non-hydrogen) atoms. The fourth-order valence-electron chi connectivity index (χ4n) is 3.45. The van der Waals surface area contributed by atoms with Crippen LogP contribution in [0.5, 0.6) is 17.2 Å². The Kier molecular flexibility index (Phi) is 5.59. The molecule has 9 heteroatoms. The number of fused-ring (bicyclic) bond motifs is 1. The smallest absolute Gasteiger partial charge is 0.229 e. The average molecular weight is 430 g/mol. The molecule has 1 fully saturated rings. The van der Waals surface area contributed by atoms with Crippen molar-refractivity contribution < 1.29 is 39.1 Å². The number of hydrogen-bond donors (Lipinski definition) is 4. The van der Waals surface area contributed by atoms with Crippen LogP contribution in [0.1, 0.15) is 6.92 Å². The molecule has 0 saturated carbocycles. The van der Waals surface area contributed by atoms with E-state index in [1.807, 2.05) is 0 Å². The normalized spacial score (nSPS) is 26.0. The lowest BCUT2D eigenvalue weighted by molar-refractivity contribution is -0.268. The molecule has 0 spiro atoms. The van der Waals surface area contributed by atoms with Gasteiger partial charge in [0.05, 0.1) is 13.2 Å². The van der Waals surface area contributed by atoms with Crippen LogP contribution in [0.15, 0.2) is 51.7 Å². The van der Waals surface area contributed by atoms with Gasteiger partial charge < -0.3 is 39.1 Å². The minimum Gasteiger partial charge on any atom is -0.507 e. The summed E-state index contributed by atoms with van der Waals surface area (Å²) in [4.78, 5) is 12.6. The summed E-state index contributed by atoms with van der Waals surface area (Å²) >= 11 is 0. The molecule has 4 N–H and O–H groups in total. The molecule has 1 saturated heterocycles. The zero-order chi connectivity index (χ0) is 22.3. The standard InChI is InChI=1S/C22H22O9/c1-10-19(25)20(26)21(27)22(29-10)30-13-7-14(23)18-15(24)9-16(31-17(18)8-13)11-3-5-12(28-2)6-4-11/h3-10,19-23,25-27H,1-2H3/t10?,19-,20?,21-,22-/m0/s1. The Balaban J connectivity index is 1.70. The van der Waals surface area contributed by atoms with Gasteiger partial charge in [-0.05, 0) is 31.2 Å². The molecule has 164 valence electrons. The van der Waals surface area contributed by atoms with Gasteiger partial charge in [-0.2, -0.15) is 0 Å². The third-order valence-electron chi connectivity index (χ3n) is 5.22. The van der Waals surface area contributed by atoms with Crippen LogP contribution in [0.25, 0.3) is 22.3 Å². The highest BCUT2D eigenvalue weighted by atomic mass is 16.7. The monoisotopic (exact) mass is 430 g/mol. The van der Waals surface area contributed by atoms with E-state index >= 15 is 0 Å². The highest BCUT2D eigenvalue weighted by Crippen LogP contribution is 2.33. The molecule has 1 aliphatic rings. The SMILES string of the molecule is COc1ccc(-c2cc(=O)c3c(O)cc(O[C@@H]4OC(C)[C@H](O)C(O)[C@@H]4O)cc3o2)cc1. The number of methoxy groups -OCH3 is 1. The Morgan fingerprint density at radius 3 is 2.32 bits per heavy atom. The molecule has 1 aliphatic heterocycles. The van der Waals surface area contributed by atoms with Gasteiger partial charge in [-0.15, -0.1) is 0 Å². The Hall–Kier alpha value is -3.11. The largest absolute Gasteiger partial charge is 0.507 e. The van der Waals surface area contributed by atoms with Gasteiger partial charge in [0, 0.05) is 23.8 Å². The first-order valence-corrected chi connectivity index (χ1v) is 9.60. The maximum absolute atomic E-state index is 12.6. The highest BCUT2D eigenvalue weighted by molar-refractivity contribution is 5.86. The van der Waals surface area contributed by atoms with Crippen molar-refractivity contribution in [3.8, 4) is 28.6 Å². The molecule has 3 aromatic rings. The summed E-state index contributed by atoms with van der Waals surface area (Å²) in [5.74, 6) is 0.590. The van der Waals surface area contributed by atoms with E-state index in [9.17, 15) is 25.2 Å². The van der Waals surface area contributed by atoms with Crippen molar-refractivity contribution in [1.29, 1.82) is 0 Å². The number of phenolic OH excluding ortho intramolecular Hbond substituents is 1. The van der Waals surface area contributed by atoms with Gasteiger partial charge in [-0.1, -0.05) is 0 Å². The van der Waals surface area contributed by atoms with E-state index < -0.39 is 36.1 Å². The summed E-state index contributed by atoms with van der Waals surface area (Å²) in [7, 11) is 1.54. The highest BCUT2D eigenvalue weighted by Gasteiger charge is 2.43. The van der Waals surface area contributed by atoms with Gasteiger partial charge in [0.25, 0.3) is 0 Å². The Morgan fingerprint density at radius 2 is 1.65 bits per heavy atom. The summed E-state index contributed by atoms with van der Waals surface area (Å²) in [6, 6.07) is 10.7. The second-order valence-electron chi connectivity index (χ2n) is 7.32. The molecule has 0 aliphatic carbocycles. The summed E-state index contributed by atoms with van der Waals surface area (Å²) in [5, 5.41) is 40.2. The van der Waals surface area contributed by atoms with E-state index in [0.717, 1.165) is 0 Å². The number of aromatic hydroxyl groups is 1. The maximum Gasteiger partial charge on any atom is 0.229 e. The summed E-state index contributed by atoms with van der Waals surface area (Å²) in [6.07, 6.45) is -6.37. The first-order valence-electron chi connectivity index (χ1n) is 9.60. The van der Waals surface area contributed by atoms with Crippen LogP contribution in [0, 0.1) is 0 Å². The molecule has 0 amide bonds. The molecular weight excluding hydrogens is 408 g/mol. The second kappa shape index (κ2) is 8.20. The first-order chi connectivity index (χ1) is 14.8. The van der Waals surface area contributed by atoms with E-state index in [1.54, 1.807) is 31.4 Å². The number of rotatable bonds is 4. The van der Waals surface area contributed by atoms with Crippen LogP contribution in [-0.4, -0.2) is 58.2 Å². The molecule has 2 aromatic carbocycles. The lowest BCUT2D eigenvalue weighted by Crippen LogP contribution is -2.58. The molecule has 5 atom stereocenters. The van der Waals surface area contributed by atoms with Crippen molar-refractivity contribution in [2.24, 2.45) is 0 Å². The number of aliphatic hydroxyl groups is 3. The van der Waals surface area contributed by atoms with Gasteiger partial charge in [-0.3, -0.25) is 4.79 Å². The lowest BCUT2D eigenvalue weighted by atomic mass is 10.00. The zero-order valence-corrected chi connectivity index (χ0v) is 16.8. The minimum absolute atomic E-state index is 0.0291. The van der Waals surface area contributed by atoms with E-state index in [2.05, 4.69) is 0 Å². The Labute approximate surface area is 176 Å². The Morgan fingerprint density at radius 1 is 0.935 bits per heavy atom. The topological polar surface area (TPSA) is 139 Å². The molecule has 2 unspecified atom stereocenters. The van der Waals surface area contributed by atoms with E-state index in [4.69, 9.17) is 18.6 Å². The van der Waals surface area contributed by atoms with Crippen molar-refractivity contribution >= 4 is 11.0 Å². The fourth-order valence-corrected chi connectivity index (χ4v) is 3.45. The number of aliphatic hydroxyl groups excluding tert-OH is 3. The van der Waals surface area contributed by atoms with Gasteiger partial charge in [0.15, 0.2) is 5.43 Å². The lowest BCUT2D eigenvalue weighted by Gasteiger charge is -2.38. The Bertz CT molecular complexity index is 1140. The average Bonchev–Trinajstić information content (AvgIpc) is 2.75. The molecule has 0 radical (unpaired) electrons. The quantitative estimate of drug-likeness (QED) is 0.483. The predicted octanol–water partition coefficient (Wildman–Crippen LogP) is 1.38. The molecule has 1 aromatic heterocycles. The van der Waals surface area contributed by atoms with Crippen molar-refractivity contribution in [1.82, 2.24) is 0 Å². The summed E-state index contributed by atoms with van der Waals surface area (Å²) < 4.78 is 21.9. The predicted molar refractivity (Wildman–Crippen MR) is 109 cm³/mol. The van der Waals surface area contributed by atoms with Crippen LogP contribution in [-0.2, 0) is 4.74 Å². The van der Waals surface area contributed by atoms with Crippen LogP contribution < -0.4 is 14.9 Å². The van der Waals surface area contributed by atoms with E-state index in [-0.39, 0.29) is 28.2 Å². The molecule has 2 heterocycles. The first kappa shape index (κ1) is 21.1. The zero-order valence-electron chi connectivity index (χ0n) is 16.8. The van der Waals surface area contributed by atoms with Crippen molar-refractivity contribution in [2.45, 2.75) is 37.6 Å². The van der Waals surface area contributed by atoms with Crippen molar-refractivity contribution in [2.75, 3.05) is 7.11 Å². The van der Waals surface area contributed by atoms with Crippen LogP contribution in [0.4, 0.5) is 0 Å². The fraction of sp³-hybridized carbons (Fsp3) is 0.318. The molecule has 4 rings (SSSR count). The second-order valence-corrected chi connectivity index (χ2v) is 7.32. The van der Waals surface area contributed by atoms with Gasteiger partial charge in [0.1, 0.15) is 52.3 Å². The van der Waals surface area contributed by atoms with Gasteiger partial charge in [0.2, 0.25) is 6.29 Å². The molecule has 0 bridgehead atoms. The van der Waals surface area contributed by atoms with Gasteiger partial charge >= 0.3 is 0 Å². The van der Waals surface area contributed by atoms with Gasteiger partial charge in [-0.25, -0.2) is 0 Å². The third kappa shape index (κ3) is 3.96. The summed E-state index contributed by atoms with van der Waals surface area (Å²) in [5.41, 5.74) is 0.243.